The second-order valence-electron chi connectivity index (χ2n) is 7.48. The van der Waals surface area contributed by atoms with Crippen LogP contribution in [-0.4, -0.2) is 29.1 Å². The Morgan fingerprint density at radius 3 is 2.48 bits per heavy atom. The number of carbonyl (C=O) groups is 2. The largest absolute Gasteiger partial charge is 0.457 e. The second-order valence-corrected chi connectivity index (χ2v) is 7.48. The molecular weight excluding hydrogens is 398 g/mol. The maximum atomic E-state index is 12.2. The summed E-state index contributed by atoms with van der Waals surface area (Å²) in [6.45, 7) is 6.19. The zero-order valence-electron chi connectivity index (χ0n) is 17.9. The SMILES string of the molecule is CCC(C)(C)c1cc(NC(=O)Nc2ccc(Oc3ccnc(C(=O)NC)c3)cc2)on1. The summed E-state index contributed by atoms with van der Waals surface area (Å²) in [7, 11) is 1.53. The third kappa shape index (κ3) is 5.59. The third-order valence-electron chi connectivity index (χ3n) is 4.86. The van der Waals surface area contributed by atoms with E-state index in [4.69, 9.17) is 9.26 Å². The van der Waals surface area contributed by atoms with E-state index >= 15 is 0 Å². The van der Waals surface area contributed by atoms with Gasteiger partial charge in [-0.05, 0) is 36.8 Å². The normalized spacial score (nSPS) is 11.0. The summed E-state index contributed by atoms with van der Waals surface area (Å²) >= 11 is 0. The van der Waals surface area contributed by atoms with Gasteiger partial charge >= 0.3 is 6.03 Å². The first-order chi connectivity index (χ1) is 14.8. The van der Waals surface area contributed by atoms with Crippen LogP contribution in [0.2, 0.25) is 0 Å². The predicted octanol–water partition coefficient (Wildman–Crippen LogP) is 4.55. The number of hydrogen-bond acceptors (Lipinski definition) is 6. The standard InChI is InChI=1S/C22H25N5O4/c1-5-22(2,3)18-13-19(31-27-18)26-21(29)25-14-6-8-15(9-7-14)30-16-10-11-24-17(12-16)20(28)23-4/h6-13H,5H2,1-4H3,(H,23,28)(H2,25,26,29). The number of urea groups is 1. The van der Waals surface area contributed by atoms with Crippen molar-refractivity contribution in [2.24, 2.45) is 0 Å². The van der Waals surface area contributed by atoms with Crippen LogP contribution in [0.3, 0.4) is 0 Å². The Morgan fingerprint density at radius 2 is 1.81 bits per heavy atom. The molecule has 2 aromatic heterocycles. The molecule has 1 aromatic carbocycles. The van der Waals surface area contributed by atoms with E-state index in [1.54, 1.807) is 42.5 Å². The quantitative estimate of drug-likeness (QED) is 0.513. The van der Waals surface area contributed by atoms with E-state index in [2.05, 4.69) is 46.9 Å². The molecule has 0 fully saturated rings. The Hall–Kier alpha value is -3.88. The molecule has 0 saturated carbocycles. The minimum absolute atomic E-state index is 0.133. The van der Waals surface area contributed by atoms with Crippen LogP contribution >= 0.6 is 0 Å². The van der Waals surface area contributed by atoms with Gasteiger partial charge in [0.15, 0.2) is 0 Å². The molecule has 0 atom stereocenters. The number of nitrogens with one attached hydrogen (secondary N) is 3. The summed E-state index contributed by atoms with van der Waals surface area (Å²) < 4.78 is 10.9. The van der Waals surface area contributed by atoms with Crippen LogP contribution in [0.1, 0.15) is 43.4 Å². The molecule has 162 valence electrons. The highest BCUT2D eigenvalue weighted by molar-refractivity contribution is 5.98. The van der Waals surface area contributed by atoms with Crippen molar-refractivity contribution in [1.82, 2.24) is 15.5 Å². The number of carbonyl (C=O) groups excluding carboxylic acids is 2. The van der Waals surface area contributed by atoms with Crippen molar-refractivity contribution < 1.29 is 18.8 Å². The number of anilines is 2. The Bertz CT molecular complexity index is 1060. The van der Waals surface area contributed by atoms with Crippen molar-refractivity contribution in [2.75, 3.05) is 17.7 Å². The molecule has 31 heavy (non-hydrogen) atoms. The molecule has 0 aliphatic heterocycles. The van der Waals surface area contributed by atoms with E-state index < -0.39 is 6.03 Å². The van der Waals surface area contributed by atoms with Gasteiger partial charge < -0.3 is 19.9 Å². The lowest BCUT2D eigenvalue weighted by Crippen LogP contribution is -2.19. The van der Waals surface area contributed by atoms with Gasteiger partial charge in [0.1, 0.15) is 17.2 Å². The van der Waals surface area contributed by atoms with Crippen molar-refractivity contribution in [1.29, 1.82) is 0 Å². The van der Waals surface area contributed by atoms with Crippen LogP contribution in [0, 0.1) is 0 Å². The van der Waals surface area contributed by atoms with Crippen molar-refractivity contribution >= 4 is 23.5 Å². The summed E-state index contributed by atoms with van der Waals surface area (Å²) in [6.07, 6.45) is 2.39. The smallest absolute Gasteiger partial charge is 0.326 e. The molecule has 0 saturated heterocycles. The predicted molar refractivity (Wildman–Crippen MR) is 117 cm³/mol. The van der Waals surface area contributed by atoms with E-state index in [0.29, 0.717) is 17.2 Å². The first-order valence-electron chi connectivity index (χ1n) is 9.82. The minimum Gasteiger partial charge on any atom is -0.457 e. The van der Waals surface area contributed by atoms with Crippen LogP contribution < -0.4 is 20.7 Å². The van der Waals surface area contributed by atoms with E-state index in [0.717, 1.165) is 12.1 Å². The van der Waals surface area contributed by atoms with Crippen molar-refractivity contribution in [3.8, 4) is 11.5 Å². The Morgan fingerprint density at radius 1 is 1.06 bits per heavy atom. The lowest BCUT2D eigenvalue weighted by molar-refractivity contribution is 0.0958. The maximum absolute atomic E-state index is 12.2. The van der Waals surface area contributed by atoms with Crippen LogP contribution in [0.5, 0.6) is 11.5 Å². The third-order valence-corrected chi connectivity index (χ3v) is 4.86. The fourth-order valence-electron chi connectivity index (χ4n) is 2.58. The van der Waals surface area contributed by atoms with Crippen molar-refractivity contribution in [2.45, 2.75) is 32.6 Å². The number of ether oxygens (including phenoxy) is 1. The lowest BCUT2D eigenvalue weighted by Gasteiger charge is -2.18. The average molecular weight is 423 g/mol. The van der Waals surface area contributed by atoms with E-state index in [1.165, 1.54) is 13.2 Å². The maximum Gasteiger partial charge on any atom is 0.326 e. The molecule has 0 bridgehead atoms. The Balaban J connectivity index is 1.58. The van der Waals surface area contributed by atoms with Gasteiger partial charge in [-0.15, -0.1) is 0 Å². The summed E-state index contributed by atoms with van der Waals surface area (Å²) in [6, 6.07) is 11.3. The second kappa shape index (κ2) is 9.29. The van der Waals surface area contributed by atoms with E-state index in [-0.39, 0.29) is 22.9 Å². The number of amides is 3. The molecule has 3 rings (SSSR count). The number of pyridine rings is 1. The molecule has 0 radical (unpaired) electrons. The van der Waals surface area contributed by atoms with Crippen molar-refractivity contribution in [3.05, 3.63) is 60.0 Å². The summed E-state index contributed by atoms with van der Waals surface area (Å²) in [5, 5.41) is 11.9. The van der Waals surface area contributed by atoms with Gasteiger partial charge in [-0.3, -0.25) is 15.1 Å². The van der Waals surface area contributed by atoms with Gasteiger partial charge in [-0.2, -0.15) is 0 Å². The molecule has 0 aliphatic rings. The van der Waals surface area contributed by atoms with E-state index in [1.807, 2.05) is 0 Å². The molecule has 0 aliphatic carbocycles. The van der Waals surface area contributed by atoms with Crippen LogP contribution in [0.4, 0.5) is 16.4 Å². The zero-order valence-corrected chi connectivity index (χ0v) is 17.9. The molecule has 0 unspecified atom stereocenters. The molecule has 3 amide bonds. The Kier molecular flexibility index (Phi) is 6.54. The van der Waals surface area contributed by atoms with Gasteiger partial charge in [0, 0.05) is 36.5 Å². The topological polar surface area (TPSA) is 118 Å². The first kappa shape index (κ1) is 21.8. The summed E-state index contributed by atoms with van der Waals surface area (Å²) in [5.41, 5.74) is 1.47. The van der Waals surface area contributed by atoms with Gasteiger partial charge in [0.2, 0.25) is 5.88 Å². The highest BCUT2D eigenvalue weighted by atomic mass is 16.5. The molecule has 9 nitrogen and oxygen atoms in total. The summed E-state index contributed by atoms with van der Waals surface area (Å²) in [4.78, 5) is 27.9. The molecule has 0 spiro atoms. The van der Waals surface area contributed by atoms with Gasteiger partial charge in [0.25, 0.3) is 5.91 Å². The van der Waals surface area contributed by atoms with Gasteiger partial charge in [-0.1, -0.05) is 25.9 Å². The molecule has 3 aromatic rings. The molecule has 9 heteroatoms. The molecule has 3 N–H and O–H groups in total. The fourth-order valence-corrected chi connectivity index (χ4v) is 2.58. The monoisotopic (exact) mass is 423 g/mol. The highest BCUT2D eigenvalue weighted by Gasteiger charge is 2.23. The Labute approximate surface area is 180 Å². The number of nitrogens with zero attached hydrogens (tertiary/aromatic N) is 2. The average Bonchev–Trinajstić information content (AvgIpc) is 3.24. The minimum atomic E-state index is -0.449. The zero-order chi connectivity index (χ0) is 22.4. The fraction of sp³-hybridized carbons (Fsp3) is 0.273. The highest BCUT2D eigenvalue weighted by Crippen LogP contribution is 2.28. The molecular formula is C22H25N5O4. The number of rotatable bonds is 7. The number of benzene rings is 1. The number of hydrogen-bond donors (Lipinski definition) is 3. The van der Waals surface area contributed by atoms with Crippen LogP contribution in [0.25, 0.3) is 0 Å². The van der Waals surface area contributed by atoms with Gasteiger partial charge in [-0.25, -0.2) is 4.79 Å². The first-order valence-corrected chi connectivity index (χ1v) is 9.82. The molecule has 2 heterocycles. The van der Waals surface area contributed by atoms with Crippen molar-refractivity contribution in [3.63, 3.8) is 0 Å². The van der Waals surface area contributed by atoms with Crippen LogP contribution in [0.15, 0.2) is 53.2 Å². The number of aromatic nitrogens is 2. The van der Waals surface area contributed by atoms with Crippen LogP contribution in [-0.2, 0) is 5.41 Å². The van der Waals surface area contributed by atoms with Gasteiger partial charge in [0.05, 0.1) is 5.69 Å². The summed E-state index contributed by atoms with van der Waals surface area (Å²) in [5.74, 6) is 0.997. The van der Waals surface area contributed by atoms with E-state index in [9.17, 15) is 9.59 Å². The lowest BCUT2D eigenvalue weighted by atomic mass is 9.87.